The Balaban J connectivity index is 1.72. The summed E-state index contributed by atoms with van der Waals surface area (Å²) >= 11 is 0. The van der Waals surface area contributed by atoms with Gasteiger partial charge in [0.15, 0.2) is 0 Å². The fraction of sp³-hybridized carbons (Fsp3) is 0.143. The van der Waals surface area contributed by atoms with Gasteiger partial charge in [0.2, 0.25) is 0 Å². The third kappa shape index (κ3) is 5.11. The van der Waals surface area contributed by atoms with Crippen molar-refractivity contribution in [1.82, 2.24) is 10.3 Å². The van der Waals surface area contributed by atoms with Crippen LogP contribution in [0.25, 0.3) is 0 Å². The van der Waals surface area contributed by atoms with Crippen molar-refractivity contribution in [2.45, 2.75) is 11.4 Å². The molecule has 1 amide bonds. The lowest BCUT2D eigenvalue weighted by molar-refractivity contribution is 0.0951. The highest BCUT2D eigenvalue weighted by Gasteiger charge is 2.15. The first-order valence-corrected chi connectivity index (χ1v) is 10.4. The van der Waals surface area contributed by atoms with Gasteiger partial charge in [-0.05, 0) is 36.4 Å². The molecule has 0 atom stereocenters. The molecule has 0 aliphatic carbocycles. The van der Waals surface area contributed by atoms with Crippen molar-refractivity contribution < 1.29 is 13.2 Å². The molecule has 0 unspecified atom stereocenters. The lowest BCUT2D eigenvalue weighted by Gasteiger charge is -2.16. The summed E-state index contributed by atoms with van der Waals surface area (Å²) in [5.41, 5.74) is 1.55. The van der Waals surface area contributed by atoms with Crippen LogP contribution in [-0.4, -0.2) is 33.4 Å². The molecule has 1 heterocycles. The fourth-order valence-electron chi connectivity index (χ4n) is 2.79. The molecular weight excluding hydrogens is 388 g/mol. The van der Waals surface area contributed by atoms with Gasteiger partial charge in [-0.15, -0.1) is 0 Å². The quantitative estimate of drug-likeness (QED) is 0.625. The first-order chi connectivity index (χ1) is 13.9. The highest BCUT2D eigenvalue weighted by Crippen LogP contribution is 2.18. The lowest BCUT2D eigenvalue weighted by Crippen LogP contribution is -2.24. The van der Waals surface area contributed by atoms with Crippen LogP contribution in [0.5, 0.6) is 0 Å². The highest BCUT2D eigenvalue weighted by molar-refractivity contribution is 7.92. The Morgan fingerprint density at radius 3 is 2.48 bits per heavy atom. The molecule has 0 fully saturated rings. The van der Waals surface area contributed by atoms with E-state index in [0.717, 1.165) is 11.4 Å². The van der Waals surface area contributed by atoms with Gasteiger partial charge in [-0.1, -0.05) is 30.3 Å². The molecule has 0 bridgehead atoms. The molecular formula is C21H22N4O3S. The number of aromatic nitrogens is 1. The van der Waals surface area contributed by atoms with Crippen molar-refractivity contribution in [1.29, 1.82) is 0 Å². The Kier molecular flexibility index (Phi) is 6.13. The van der Waals surface area contributed by atoms with Gasteiger partial charge >= 0.3 is 0 Å². The molecule has 2 N–H and O–H groups in total. The van der Waals surface area contributed by atoms with Crippen LogP contribution in [0.3, 0.4) is 0 Å². The molecule has 0 aliphatic rings. The van der Waals surface area contributed by atoms with E-state index in [4.69, 9.17) is 0 Å². The SMILES string of the molecule is CN(C)c1ncccc1CNC(=O)c1cccc(NS(=O)(=O)c2ccccc2)c1. The lowest BCUT2D eigenvalue weighted by atomic mass is 10.2. The number of benzene rings is 2. The van der Waals surface area contributed by atoms with Gasteiger partial charge in [0.25, 0.3) is 15.9 Å². The van der Waals surface area contributed by atoms with E-state index >= 15 is 0 Å². The van der Waals surface area contributed by atoms with Crippen LogP contribution in [0, 0.1) is 0 Å². The Morgan fingerprint density at radius 1 is 1.00 bits per heavy atom. The Morgan fingerprint density at radius 2 is 1.76 bits per heavy atom. The van der Waals surface area contributed by atoms with E-state index < -0.39 is 10.0 Å². The number of nitrogens with zero attached hydrogens (tertiary/aromatic N) is 2. The minimum absolute atomic E-state index is 0.155. The second-order valence-electron chi connectivity index (χ2n) is 6.56. The van der Waals surface area contributed by atoms with Gasteiger partial charge in [-0.3, -0.25) is 9.52 Å². The van der Waals surface area contributed by atoms with Gasteiger partial charge in [0.1, 0.15) is 5.82 Å². The van der Waals surface area contributed by atoms with Crippen molar-refractivity contribution in [3.8, 4) is 0 Å². The van der Waals surface area contributed by atoms with Gasteiger partial charge in [0.05, 0.1) is 4.90 Å². The van der Waals surface area contributed by atoms with E-state index in [9.17, 15) is 13.2 Å². The molecule has 0 saturated carbocycles. The summed E-state index contributed by atoms with van der Waals surface area (Å²) < 4.78 is 27.4. The number of nitrogens with one attached hydrogen (secondary N) is 2. The summed E-state index contributed by atoms with van der Waals surface area (Å²) in [6, 6.07) is 18.1. The van der Waals surface area contributed by atoms with E-state index in [1.54, 1.807) is 42.6 Å². The third-order valence-electron chi connectivity index (χ3n) is 4.16. The zero-order valence-electron chi connectivity index (χ0n) is 16.2. The van der Waals surface area contributed by atoms with Gasteiger partial charge < -0.3 is 10.2 Å². The number of carbonyl (C=O) groups is 1. The molecule has 2 aromatic carbocycles. The normalized spacial score (nSPS) is 11.0. The average molecular weight is 410 g/mol. The van der Waals surface area contributed by atoms with Crippen LogP contribution in [0.2, 0.25) is 0 Å². The van der Waals surface area contributed by atoms with Crippen molar-refractivity contribution in [2.75, 3.05) is 23.7 Å². The average Bonchev–Trinajstić information content (AvgIpc) is 2.72. The number of anilines is 2. The summed E-state index contributed by atoms with van der Waals surface area (Å²) in [5, 5.41) is 2.85. The second-order valence-corrected chi connectivity index (χ2v) is 8.24. The minimum atomic E-state index is -3.72. The largest absolute Gasteiger partial charge is 0.362 e. The molecule has 29 heavy (non-hydrogen) atoms. The fourth-order valence-corrected chi connectivity index (χ4v) is 3.86. The number of sulfonamides is 1. The predicted octanol–water partition coefficient (Wildman–Crippen LogP) is 2.88. The molecule has 0 saturated heterocycles. The number of hydrogen-bond donors (Lipinski definition) is 2. The van der Waals surface area contributed by atoms with Crippen LogP contribution >= 0.6 is 0 Å². The van der Waals surface area contributed by atoms with Gasteiger partial charge in [-0.2, -0.15) is 0 Å². The summed E-state index contributed by atoms with van der Waals surface area (Å²) in [7, 11) is 0.0481. The summed E-state index contributed by atoms with van der Waals surface area (Å²) in [6.45, 7) is 0.306. The van der Waals surface area contributed by atoms with Crippen molar-refractivity contribution in [2.24, 2.45) is 0 Å². The number of pyridine rings is 1. The number of carbonyl (C=O) groups excluding carboxylic acids is 1. The number of rotatable bonds is 7. The van der Waals surface area contributed by atoms with Crippen molar-refractivity contribution >= 4 is 27.4 Å². The van der Waals surface area contributed by atoms with Gasteiger partial charge in [-0.25, -0.2) is 13.4 Å². The van der Waals surface area contributed by atoms with Crippen LogP contribution in [-0.2, 0) is 16.6 Å². The smallest absolute Gasteiger partial charge is 0.261 e. The van der Waals surface area contributed by atoms with Crippen LogP contribution < -0.4 is 14.9 Å². The maximum atomic E-state index is 12.6. The summed E-state index contributed by atoms with van der Waals surface area (Å²) in [6.07, 6.45) is 1.70. The standard InChI is InChI=1S/C21H22N4O3S/c1-25(2)20-17(9-7-13-22-20)15-23-21(26)16-8-6-10-18(14-16)24-29(27,28)19-11-4-3-5-12-19/h3-14,24H,15H2,1-2H3,(H,23,26). The molecule has 0 spiro atoms. The van der Waals surface area contributed by atoms with Crippen LogP contribution in [0.15, 0.2) is 77.8 Å². The molecule has 8 heteroatoms. The molecule has 3 rings (SSSR count). The molecule has 150 valence electrons. The summed E-state index contributed by atoms with van der Waals surface area (Å²) in [5.74, 6) is 0.469. The van der Waals surface area contributed by atoms with E-state index in [0.29, 0.717) is 17.8 Å². The zero-order valence-corrected chi connectivity index (χ0v) is 17.0. The monoisotopic (exact) mass is 410 g/mol. The zero-order chi connectivity index (χ0) is 20.9. The molecule has 1 aromatic heterocycles. The molecule has 7 nitrogen and oxygen atoms in total. The molecule has 3 aromatic rings. The third-order valence-corrected chi connectivity index (χ3v) is 5.56. The predicted molar refractivity (Wildman–Crippen MR) is 113 cm³/mol. The van der Waals surface area contributed by atoms with E-state index in [1.165, 1.54) is 18.2 Å². The Hall–Kier alpha value is -3.39. The highest BCUT2D eigenvalue weighted by atomic mass is 32.2. The van der Waals surface area contributed by atoms with Crippen LogP contribution in [0.1, 0.15) is 15.9 Å². The first-order valence-electron chi connectivity index (χ1n) is 8.94. The van der Waals surface area contributed by atoms with E-state index in [-0.39, 0.29) is 10.8 Å². The second kappa shape index (κ2) is 8.74. The minimum Gasteiger partial charge on any atom is -0.362 e. The maximum Gasteiger partial charge on any atom is 0.261 e. The Labute approximate surface area is 170 Å². The van der Waals surface area contributed by atoms with E-state index in [1.807, 2.05) is 31.1 Å². The summed E-state index contributed by atoms with van der Waals surface area (Å²) in [4.78, 5) is 18.9. The van der Waals surface area contributed by atoms with Crippen LogP contribution in [0.4, 0.5) is 11.5 Å². The molecule has 0 aliphatic heterocycles. The van der Waals surface area contributed by atoms with Crippen molar-refractivity contribution in [3.05, 3.63) is 84.1 Å². The van der Waals surface area contributed by atoms with Gasteiger partial charge in [0, 0.05) is 43.7 Å². The van der Waals surface area contributed by atoms with E-state index in [2.05, 4.69) is 15.0 Å². The topological polar surface area (TPSA) is 91.4 Å². The maximum absolute atomic E-state index is 12.6. The molecule has 0 radical (unpaired) electrons. The Bertz CT molecular complexity index is 1100. The first kappa shape index (κ1) is 20.3. The van der Waals surface area contributed by atoms with Crippen molar-refractivity contribution in [3.63, 3.8) is 0 Å². The number of amides is 1. The number of hydrogen-bond acceptors (Lipinski definition) is 5.